The van der Waals surface area contributed by atoms with Gasteiger partial charge in [-0.3, -0.25) is 0 Å². The third kappa shape index (κ3) is 3.28. The lowest BCUT2D eigenvalue weighted by Gasteiger charge is -2.33. The number of fused-ring (bicyclic) bond motifs is 11. The quantitative estimate of drug-likeness (QED) is 0.209. The van der Waals surface area contributed by atoms with E-state index in [0.717, 1.165) is 68.8 Å². The minimum atomic E-state index is 0.190. The van der Waals surface area contributed by atoms with Crippen molar-refractivity contribution in [2.45, 2.75) is 24.8 Å². The van der Waals surface area contributed by atoms with Crippen LogP contribution in [-0.2, 0) is 0 Å². The summed E-state index contributed by atoms with van der Waals surface area (Å²) in [5.41, 5.74) is 12.4. The van der Waals surface area contributed by atoms with Crippen molar-refractivity contribution in [2.24, 2.45) is 0 Å². The lowest BCUT2D eigenvalue weighted by molar-refractivity contribution is 0.584. The molecule has 0 fully saturated rings. The number of furan rings is 1. The van der Waals surface area contributed by atoms with Gasteiger partial charge in [0.25, 0.3) is 0 Å². The van der Waals surface area contributed by atoms with Gasteiger partial charge >= 0.3 is 0 Å². The molecule has 0 saturated carbocycles. The minimum absolute atomic E-state index is 0.190. The Morgan fingerprint density at radius 1 is 0.659 bits per heavy atom. The molecule has 208 valence electrons. The SMILES string of the molecule is C1=C2c3ccccc3-c3c(-c4ccccc4)nc(-c4ccc5oc6ccccc6c5c4)nc3N3c4ccccc4C(CC1)C23. The van der Waals surface area contributed by atoms with Crippen LogP contribution in [0.3, 0.4) is 0 Å². The van der Waals surface area contributed by atoms with E-state index in [1.165, 1.54) is 28.0 Å². The number of nitrogens with zero attached hydrogens (tertiary/aromatic N) is 3. The van der Waals surface area contributed by atoms with E-state index in [1.807, 2.05) is 12.1 Å². The van der Waals surface area contributed by atoms with Crippen LogP contribution in [0.15, 0.2) is 132 Å². The van der Waals surface area contributed by atoms with Crippen LogP contribution >= 0.6 is 0 Å². The zero-order valence-electron chi connectivity index (χ0n) is 23.9. The summed E-state index contributed by atoms with van der Waals surface area (Å²) in [4.78, 5) is 13.5. The molecule has 2 unspecified atom stereocenters. The van der Waals surface area contributed by atoms with Gasteiger partial charge in [0, 0.05) is 33.5 Å². The van der Waals surface area contributed by atoms with Gasteiger partial charge in [-0.2, -0.15) is 0 Å². The lowest BCUT2D eigenvalue weighted by atomic mass is 9.78. The molecule has 10 rings (SSSR count). The summed E-state index contributed by atoms with van der Waals surface area (Å²) in [5, 5.41) is 2.18. The average Bonchev–Trinajstić information content (AvgIpc) is 3.60. The highest BCUT2D eigenvalue weighted by molar-refractivity contribution is 6.06. The number of hydrogen-bond acceptors (Lipinski definition) is 4. The highest BCUT2D eigenvalue weighted by Gasteiger charge is 2.46. The maximum absolute atomic E-state index is 6.17. The summed E-state index contributed by atoms with van der Waals surface area (Å²) >= 11 is 0. The van der Waals surface area contributed by atoms with E-state index in [9.17, 15) is 0 Å². The number of hydrogen-bond donors (Lipinski definition) is 0. The van der Waals surface area contributed by atoms with E-state index in [0.29, 0.717) is 5.92 Å². The molecule has 3 aliphatic rings. The number of allylic oxidation sites excluding steroid dienone is 1. The van der Waals surface area contributed by atoms with Gasteiger partial charge in [0.2, 0.25) is 0 Å². The van der Waals surface area contributed by atoms with Crippen LogP contribution in [0.4, 0.5) is 11.5 Å². The molecule has 4 heterocycles. The van der Waals surface area contributed by atoms with Crippen LogP contribution in [-0.4, -0.2) is 16.0 Å². The summed E-state index contributed by atoms with van der Waals surface area (Å²) in [6.45, 7) is 0. The average molecular weight is 566 g/mol. The largest absolute Gasteiger partial charge is 0.456 e. The molecule has 44 heavy (non-hydrogen) atoms. The maximum atomic E-state index is 6.17. The molecule has 7 aromatic rings. The number of rotatable bonds is 2. The summed E-state index contributed by atoms with van der Waals surface area (Å²) in [6.07, 6.45) is 4.68. The number of para-hydroxylation sites is 2. The van der Waals surface area contributed by atoms with Crippen LogP contribution in [0.25, 0.3) is 61.3 Å². The highest BCUT2D eigenvalue weighted by Crippen LogP contribution is 2.58. The Morgan fingerprint density at radius 2 is 1.43 bits per heavy atom. The number of anilines is 2. The molecule has 2 atom stereocenters. The molecular weight excluding hydrogens is 538 g/mol. The summed E-state index contributed by atoms with van der Waals surface area (Å²) in [5.74, 6) is 2.11. The van der Waals surface area contributed by atoms with Gasteiger partial charge in [0.1, 0.15) is 17.0 Å². The fourth-order valence-electron chi connectivity index (χ4n) is 7.87. The number of aromatic nitrogens is 2. The molecule has 4 heteroatoms. The Balaban J connectivity index is 1.32. The van der Waals surface area contributed by atoms with Crippen molar-refractivity contribution in [1.29, 1.82) is 0 Å². The minimum Gasteiger partial charge on any atom is -0.456 e. The monoisotopic (exact) mass is 565 g/mol. The zero-order chi connectivity index (χ0) is 28.8. The smallest absolute Gasteiger partial charge is 0.162 e. The van der Waals surface area contributed by atoms with E-state index in [4.69, 9.17) is 14.4 Å². The molecule has 2 aliphatic heterocycles. The molecule has 4 nitrogen and oxygen atoms in total. The van der Waals surface area contributed by atoms with Gasteiger partial charge in [-0.25, -0.2) is 9.97 Å². The van der Waals surface area contributed by atoms with Gasteiger partial charge in [-0.15, -0.1) is 0 Å². The Labute approximate surface area is 254 Å². The molecule has 0 spiro atoms. The molecule has 5 aromatic carbocycles. The molecule has 0 N–H and O–H groups in total. The maximum Gasteiger partial charge on any atom is 0.162 e. The van der Waals surface area contributed by atoms with Gasteiger partial charge in [-0.05, 0) is 65.4 Å². The Morgan fingerprint density at radius 3 is 2.36 bits per heavy atom. The van der Waals surface area contributed by atoms with Crippen molar-refractivity contribution in [3.63, 3.8) is 0 Å². The van der Waals surface area contributed by atoms with Crippen molar-refractivity contribution in [1.82, 2.24) is 9.97 Å². The summed E-state index contributed by atoms with van der Waals surface area (Å²) < 4.78 is 6.17. The third-order valence-corrected chi connectivity index (χ3v) is 9.72. The second-order valence-corrected chi connectivity index (χ2v) is 12.0. The summed E-state index contributed by atoms with van der Waals surface area (Å²) in [6, 6.07) is 43.1. The predicted molar refractivity (Wildman–Crippen MR) is 178 cm³/mol. The fraction of sp³-hybridized carbons (Fsp3) is 0.100. The zero-order valence-corrected chi connectivity index (χ0v) is 23.9. The highest BCUT2D eigenvalue weighted by atomic mass is 16.3. The van der Waals surface area contributed by atoms with Gasteiger partial charge in [0.05, 0.1) is 17.3 Å². The van der Waals surface area contributed by atoms with Crippen LogP contribution in [0.1, 0.15) is 29.9 Å². The first-order chi connectivity index (χ1) is 21.8. The number of benzene rings is 5. The van der Waals surface area contributed by atoms with Gasteiger partial charge < -0.3 is 9.32 Å². The van der Waals surface area contributed by atoms with Gasteiger partial charge in [0.15, 0.2) is 5.82 Å². The van der Waals surface area contributed by atoms with Gasteiger partial charge in [-0.1, -0.05) is 97.1 Å². The van der Waals surface area contributed by atoms with E-state index >= 15 is 0 Å². The van der Waals surface area contributed by atoms with E-state index in [1.54, 1.807) is 0 Å². The standard InChI is InChI=1S/C40H27N3O/c1-2-11-24(12-3-1)37-36-29-16-5-4-13-26(29)30-17-10-18-31-27-14-6-8-19-33(27)43(38(30)31)40(36)42-39(41-37)25-21-22-35-32(23-25)28-15-7-9-20-34(28)44-35/h1-9,11-17,19-23,31,38H,10,18H2. The van der Waals surface area contributed by atoms with Crippen LogP contribution in [0.5, 0.6) is 0 Å². The molecule has 2 aromatic heterocycles. The second kappa shape index (κ2) is 9.01. The Hall–Kier alpha value is -5.48. The predicted octanol–water partition coefficient (Wildman–Crippen LogP) is 10.2. The van der Waals surface area contributed by atoms with Crippen LogP contribution in [0.2, 0.25) is 0 Å². The summed E-state index contributed by atoms with van der Waals surface area (Å²) in [7, 11) is 0. The normalized spacial score (nSPS) is 17.9. The first-order valence-electron chi connectivity index (χ1n) is 15.4. The third-order valence-electron chi connectivity index (χ3n) is 9.72. The molecule has 0 bridgehead atoms. The fourth-order valence-corrected chi connectivity index (χ4v) is 7.87. The van der Waals surface area contributed by atoms with Crippen molar-refractivity contribution in [3.05, 3.63) is 139 Å². The first kappa shape index (κ1) is 24.0. The van der Waals surface area contributed by atoms with Crippen molar-refractivity contribution >= 4 is 39.0 Å². The van der Waals surface area contributed by atoms with Crippen LogP contribution in [0, 0.1) is 0 Å². The Bertz CT molecular complexity index is 2320. The van der Waals surface area contributed by atoms with E-state index < -0.39 is 0 Å². The Kier molecular flexibility index (Phi) is 4.92. The van der Waals surface area contributed by atoms with E-state index in [2.05, 4.69) is 120 Å². The van der Waals surface area contributed by atoms with E-state index in [-0.39, 0.29) is 6.04 Å². The molecule has 0 radical (unpaired) electrons. The van der Waals surface area contributed by atoms with Crippen molar-refractivity contribution in [2.75, 3.05) is 4.90 Å². The molecule has 0 amide bonds. The molecule has 1 aliphatic carbocycles. The topological polar surface area (TPSA) is 42.2 Å². The van der Waals surface area contributed by atoms with Crippen molar-refractivity contribution < 1.29 is 4.42 Å². The lowest BCUT2D eigenvalue weighted by Crippen LogP contribution is -2.33. The van der Waals surface area contributed by atoms with Crippen LogP contribution < -0.4 is 4.90 Å². The molecule has 0 saturated heterocycles. The first-order valence-corrected chi connectivity index (χ1v) is 15.4. The molecular formula is C40H27N3O. The van der Waals surface area contributed by atoms with Crippen molar-refractivity contribution in [3.8, 4) is 33.8 Å². The second-order valence-electron chi connectivity index (χ2n) is 12.0.